The van der Waals surface area contributed by atoms with E-state index in [-0.39, 0.29) is 5.60 Å². The molecule has 3 nitrogen and oxygen atoms in total. The van der Waals surface area contributed by atoms with Crippen LogP contribution in [0, 0.1) is 5.92 Å². The Bertz CT molecular complexity index is 398. The molecule has 0 aliphatic carbocycles. The largest absolute Gasteiger partial charge is 0.387 e. The summed E-state index contributed by atoms with van der Waals surface area (Å²) in [6, 6.07) is 8.28. The minimum absolute atomic E-state index is 0.199. The van der Waals surface area contributed by atoms with Crippen molar-refractivity contribution in [3.63, 3.8) is 0 Å². The lowest BCUT2D eigenvalue weighted by molar-refractivity contribution is -0.0104. The Morgan fingerprint density at radius 2 is 1.81 bits per heavy atom. The highest BCUT2D eigenvalue weighted by molar-refractivity contribution is 5.24. The molecule has 0 saturated carbocycles. The van der Waals surface area contributed by atoms with Gasteiger partial charge in [0.25, 0.3) is 0 Å². The van der Waals surface area contributed by atoms with Crippen LogP contribution in [0.1, 0.15) is 51.8 Å². The molecule has 1 aromatic rings. The van der Waals surface area contributed by atoms with E-state index in [4.69, 9.17) is 4.74 Å². The molecule has 1 atom stereocenters. The fourth-order valence-corrected chi connectivity index (χ4v) is 2.42. The first-order valence-electron chi connectivity index (χ1n) is 7.95. The van der Waals surface area contributed by atoms with Crippen molar-refractivity contribution in [1.29, 1.82) is 0 Å². The van der Waals surface area contributed by atoms with Crippen LogP contribution in [0.15, 0.2) is 24.3 Å². The van der Waals surface area contributed by atoms with E-state index < -0.39 is 6.10 Å². The number of hydrogen-bond donors (Lipinski definition) is 2. The second-order valence-electron chi connectivity index (χ2n) is 6.68. The predicted molar refractivity (Wildman–Crippen MR) is 88.5 cm³/mol. The van der Waals surface area contributed by atoms with Crippen molar-refractivity contribution >= 4 is 0 Å². The summed E-state index contributed by atoms with van der Waals surface area (Å²) >= 11 is 0. The summed E-state index contributed by atoms with van der Waals surface area (Å²) in [4.78, 5) is 0. The third-order valence-electron chi connectivity index (χ3n) is 3.43. The van der Waals surface area contributed by atoms with Crippen LogP contribution in [0.3, 0.4) is 0 Å². The van der Waals surface area contributed by atoms with E-state index >= 15 is 0 Å². The van der Waals surface area contributed by atoms with Gasteiger partial charge in [-0.2, -0.15) is 0 Å². The zero-order chi connectivity index (χ0) is 15.9. The van der Waals surface area contributed by atoms with Crippen molar-refractivity contribution in [2.24, 2.45) is 5.92 Å². The highest BCUT2D eigenvalue weighted by Crippen LogP contribution is 2.16. The summed E-state index contributed by atoms with van der Waals surface area (Å²) in [7, 11) is 0. The fraction of sp³-hybridized carbons (Fsp3) is 0.667. The molecule has 0 aromatic heterocycles. The SMILES string of the molecule is CCOC(C)(C)CNCC(O)c1ccc(CC(C)C)cc1. The molecule has 0 heterocycles. The van der Waals surface area contributed by atoms with Gasteiger partial charge in [0.1, 0.15) is 0 Å². The molecule has 0 aliphatic rings. The van der Waals surface area contributed by atoms with Crippen LogP contribution in [0.2, 0.25) is 0 Å². The molecule has 1 rings (SSSR count). The lowest BCUT2D eigenvalue weighted by Gasteiger charge is -2.25. The predicted octanol–water partition coefficient (Wildman–Crippen LogP) is 3.32. The Balaban J connectivity index is 2.43. The normalized spacial score (nSPS) is 13.7. The summed E-state index contributed by atoms with van der Waals surface area (Å²) in [6.07, 6.45) is 0.604. The van der Waals surface area contributed by atoms with Gasteiger partial charge in [0, 0.05) is 19.7 Å². The van der Waals surface area contributed by atoms with Crippen LogP contribution in [0.25, 0.3) is 0 Å². The first kappa shape index (κ1) is 18.1. The average Bonchev–Trinajstić information content (AvgIpc) is 2.38. The number of nitrogens with one attached hydrogen (secondary N) is 1. The number of aliphatic hydroxyl groups is 1. The van der Waals surface area contributed by atoms with Gasteiger partial charge in [0.05, 0.1) is 11.7 Å². The molecular weight excluding hydrogens is 262 g/mol. The lowest BCUT2D eigenvalue weighted by Crippen LogP contribution is -2.39. The maximum Gasteiger partial charge on any atom is 0.0914 e. The van der Waals surface area contributed by atoms with Gasteiger partial charge >= 0.3 is 0 Å². The Labute approximate surface area is 129 Å². The van der Waals surface area contributed by atoms with Gasteiger partial charge in [-0.3, -0.25) is 0 Å². The van der Waals surface area contributed by atoms with E-state index in [0.29, 0.717) is 19.1 Å². The Morgan fingerprint density at radius 3 is 2.33 bits per heavy atom. The van der Waals surface area contributed by atoms with Gasteiger partial charge in [0.15, 0.2) is 0 Å². The van der Waals surface area contributed by atoms with E-state index in [1.54, 1.807) is 0 Å². The smallest absolute Gasteiger partial charge is 0.0914 e. The van der Waals surface area contributed by atoms with Gasteiger partial charge in [-0.25, -0.2) is 0 Å². The molecule has 0 radical (unpaired) electrons. The van der Waals surface area contributed by atoms with Gasteiger partial charge in [-0.05, 0) is 44.2 Å². The minimum Gasteiger partial charge on any atom is -0.387 e. The maximum absolute atomic E-state index is 10.2. The molecule has 0 spiro atoms. The minimum atomic E-state index is -0.476. The molecule has 0 fully saturated rings. The van der Waals surface area contributed by atoms with E-state index in [2.05, 4.69) is 45.1 Å². The molecule has 0 saturated heterocycles. The molecule has 2 N–H and O–H groups in total. The second-order valence-corrected chi connectivity index (χ2v) is 6.68. The van der Waals surface area contributed by atoms with E-state index in [1.807, 2.05) is 19.1 Å². The molecular formula is C18H31NO2. The third kappa shape index (κ3) is 7.07. The summed E-state index contributed by atoms with van der Waals surface area (Å²) in [6.45, 7) is 12.5. The van der Waals surface area contributed by atoms with E-state index in [9.17, 15) is 5.11 Å². The highest BCUT2D eigenvalue weighted by Gasteiger charge is 2.17. The summed E-state index contributed by atoms with van der Waals surface area (Å²) in [5.74, 6) is 0.656. The number of ether oxygens (including phenoxy) is 1. The summed E-state index contributed by atoms with van der Waals surface area (Å²) in [5.41, 5.74) is 2.09. The quantitative estimate of drug-likeness (QED) is 0.734. The third-order valence-corrected chi connectivity index (χ3v) is 3.43. The molecule has 1 aromatic carbocycles. The second kappa shape index (κ2) is 8.52. The van der Waals surface area contributed by atoms with Crippen LogP contribution in [-0.2, 0) is 11.2 Å². The molecule has 3 heteroatoms. The molecule has 1 unspecified atom stereocenters. The molecule has 120 valence electrons. The molecule has 21 heavy (non-hydrogen) atoms. The number of benzene rings is 1. The zero-order valence-electron chi connectivity index (χ0n) is 14.1. The standard InChI is InChI=1S/C18H31NO2/c1-6-21-18(4,5)13-19-12-17(20)16-9-7-15(8-10-16)11-14(2)3/h7-10,14,17,19-20H,6,11-13H2,1-5H3. The maximum atomic E-state index is 10.2. The number of hydrogen-bond acceptors (Lipinski definition) is 3. The number of rotatable bonds is 9. The molecule has 0 amide bonds. The zero-order valence-corrected chi connectivity index (χ0v) is 14.1. The Hall–Kier alpha value is -0.900. The average molecular weight is 293 g/mol. The van der Waals surface area contributed by atoms with E-state index in [1.165, 1.54) is 5.56 Å². The van der Waals surface area contributed by atoms with Crippen molar-refractivity contribution in [2.45, 2.75) is 52.7 Å². The van der Waals surface area contributed by atoms with Crippen LogP contribution in [0.5, 0.6) is 0 Å². The van der Waals surface area contributed by atoms with Crippen LogP contribution in [-0.4, -0.2) is 30.4 Å². The Morgan fingerprint density at radius 1 is 1.19 bits per heavy atom. The lowest BCUT2D eigenvalue weighted by atomic mass is 10.00. The fourth-order valence-electron chi connectivity index (χ4n) is 2.42. The Kier molecular flexibility index (Phi) is 7.36. The van der Waals surface area contributed by atoms with Gasteiger partial charge in [-0.15, -0.1) is 0 Å². The van der Waals surface area contributed by atoms with Gasteiger partial charge in [-0.1, -0.05) is 38.1 Å². The van der Waals surface area contributed by atoms with Gasteiger partial charge in [0.2, 0.25) is 0 Å². The summed E-state index contributed by atoms with van der Waals surface area (Å²) < 4.78 is 5.63. The van der Waals surface area contributed by atoms with Crippen molar-refractivity contribution < 1.29 is 9.84 Å². The van der Waals surface area contributed by atoms with Crippen molar-refractivity contribution in [3.05, 3.63) is 35.4 Å². The van der Waals surface area contributed by atoms with Crippen LogP contribution >= 0.6 is 0 Å². The monoisotopic (exact) mass is 293 g/mol. The highest BCUT2D eigenvalue weighted by atomic mass is 16.5. The topological polar surface area (TPSA) is 41.5 Å². The van der Waals surface area contributed by atoms with Crippen molar-refractivity contribution in [1.82, 2.24) is 5.32 Å². The summed E-state index contributed by atoms with van der Waals surface area (Å²) in [5, 5.41) is 13.5. The molecule has 0 aliphatic heterocycles. The van der Waals surface area contributed by atoms with Gasteiger partial charge < -0.3 is 15.2 Å². The number of aliphatic hydroxyl groups excluding tert-OH is 1. The first-order valence-corrected chi connectivity index (χ1v) is 7.95. The van der Waals surface area contributed by atoms with E-state index in [0.717, 1.165) is 18.5 Å². The van der Waals surface area contributed by atoms with Crippen LogP contribution < -0.4 is 5.32 Å². The van der Waals surface area contributed by atoms with Crippen molar-refractivity contribution in [2.75, 3.05) is 19.7 Å². The molecule has 0 bridgehead atoms. The van der Waals surface area contributed by atoms with Crippen LogP contribution in [0.4, 0.5) is 0 Å². The van der Waals surface area contributed by atoms with Crippen molar-refractivity contribution in [3.8, 4) is 0 Å². The first-order chi connectivity index (χ1) is 9.84.